The topological polar surface area (TPSA) is 87.4 Å². The monoisotopic (exact) mass is 195 g/mol. The summed E-state index contributed by atoms with van der Waals surface area (Å²) in [6.45, 7) is 0.927. The van der Waals surface area contributed by atoms with E-state index in [4.69, 9.17) is 10.8 Å². The molecule has 0 spiro atoms. The molecule has 0 saturated carbocycles. The van der Waals surface area contributed by atoms with E-state index in [-0.39, 0.29) is 0 Å². The zero-order valence-electron chi connectivity index (χ0n) is 7.66. The Morgan fingerprint density at radius 2 is 1.93 bits per heavy atom. The molecule has 76 valence electrons. The molecule has 0 heterocycles. The summed E-state index contributed by atoms with van der Waals surface area (Å²) in [6, 6.07) is 7.26. The molecule has 0 radical (unpaired) electrons. The zero-order chi connectivity index (χ0) is 10.4. The lowest BCUT2D eigenvalue weighted by molar-refractivity contribution is 0.195. The predicted molar refractivity (Wildman–Crippen MR) is 55.4 cm³/mol. The van der Waals surface area contributed by atoms with Crippen LogP contribution in [-0.4, -0.2) is 24.3 Å². The first-order chi connectivity index (χ1) is 6.68. The number of nitrogens with two attached hydrogens (primary N) is 1. The van der Waals surface area contributed by atoms with E-state index in [1.807, 2.05) is 12.1 Å². The molecule has 0 bridgehead atoms. The van der Waals surface area contributed by atoms with E-state index >= 15 is 0 Å². The van der Waals surface area contributed by atoms with Crippen LogP contribution in [0.3, 0.4) is 0 Å². The van der Waals surface area contributed by atoms with E-state index in [2.05, 4.69) is 10.6 Å². The molecule has 14 heavy (non-hydrogen) atoms. The highest BCUT2D eigenvalue weighted by Gasteiger charge is 1.93. The fourth-order valence-electron chi connectivity index (χ4n) is 0.977. The van der Waals surface area contributed by atoms with E-state index in [0.29, 0.717) is 18.8 Å². The first kappa shape index (κ1) is 10.2. The number of anilines is 2. The average Bonchev–Trinajstić information content (AvgIpc) is 2.15. The Morgan fingerprint density at radius 3 is 2.50 bits per heavy atom. The molecular weight excluding hydrogens is 182 g/mol. The molecular formula is C9H13N3O2. The van der Waals surface area contributed by atoms with Crippen molar-refractivity contribution in [3.05, 3.63) is 24.3 Å². The van der Waals surface area contributed by atoms with E-state index in [1.165, 1.54) is 0 Å². The van der Waals surface area contributed by atoms with Crippen molar-refractivity contribution in [2.45, 2.75) is 0 Å². The molecule has 1 aromatic rings. The third-order valence-corrected chi connectivity index (χ3v) is 1.64. The van der Waals surface area contributed by atoms with Gasteiger partial charge in [0.1, 0.15) is 0 Å². The van der Waals surface area contributed by atoms with Gasteiger partial charge < -0.3 is 21.5 Å². The van der Waals surface area contributed by atoms with Gasteiger partial charge in [-0.2, -0.15) is 0 Å². The lowest BCUT2D eigenvalue weighted by Gasteiger charge is -2.05. The molecule has 5 nitrogen and oxygen atoms in total. The van der Waals surface area contributed by atoms with Crippen molar-refractivity contribution < 1.29 is 9.90 Å². The van der Waals surface area contributed by atoms with Crippen LogP contribution in [0.25, 0.3) is 0 Å². The molecule has 5 heteroatoms. The van der Waals surface area contributed by atoms with Gasteiger partial charge in [-0.05, 0) is 24.3 Å². The van der Waals surface area contributed by atoms with E-state index in [0.717, 1.165) is 5.69 Å². The maximum atomic E-state index is 10.1. The fourth-order valence-corrected chi connectivity index (χ4v) is 0.977. The average molecular weight is 195 g/mol. The summed E-state index contributed by atoms with van der Waals surface area (Å²) in [5, 5.41) is 13.6. The van der Waals surface area contributed by atoms with Crippen molar-refractivity contribution in [3.8, 4) is 0 Å². The predicted octanol–water partition coefficient (Wildman–Crippen LogP) is 0.948. The van der Waals surface area contributed by atoms with Crippen LogP contribution >= 0.6 is 0 Å². The van der Waals surface area contributed by atoms with E-state index < -0.39 is 6.09 Å². The van der Waals surface area contributed by atoms with Crippen LogP contribution in [0, 0.1) is 0 Å². The highest BCUT2D eigenvalue weighted by molar-refractivity contribution is 5.64. The first-order valence-electron chi connectivity index (χ1n) is 4.24. The maximum Gasteiger partial charge on any atom is 0.404 e. The molecule has 0 aliphatic rings. The number of rotatable bonds is 4. The lowest BCUT2D eigenvalue weighted by atomic mass is 10.3. The second-order valence-electron chi connectivity index (χ2n) is 2.78. The number of hydrogen-bond donors (Lipinski definition) is 4. The molecule has 0 aromatic heterocycles. The van der Waals surface area contributed by atoms with Gasteiger partial charge in [0, 0.05) is 24.5 Å². The largest absolute Gasteiger partial charge is 0.465 e. The SMILES string of the molecule is Nc1ccc(NCCNC(=O)O)cc1. The Labute approximate surface area is 81.9 Å². The van der Waals surface area contributed by atoms with Gasteiger partial charge in [0.25, 0.3) is 0 Å². The molecule has 0 atom stereocenters. The molecule has 0 saturated heterocycles. The Balaban J connectivity index is 2.25. The van der Waals surface area contributed by atoms with Gasteiger partial charge in [-0.1, -0.05) is 0 Å². The second-order valence-corrected chi connectivity index (χ2v) is 2.78. The molecule has 0 fully saturated rings. The van der Waals surface area contributed by atoms with E-state index in [9.17, 15) is 4.79 Å². The number of amides is 1. The summed E-state index contributed by atoms with van der Waals surface area (Å²) in [7, 11) is 0. The standard InChI is InChI=1S/C9H13N3O2/c10-7-1-3-8(4-2-7)11-5-6-12-9(13)14/h1-4,11-12H,5-6,10H2,(H,13,14). The van der Waals surface area contributed by atoms with Crippen LogP contribution in [-0.2, 0) is 0 Å². The molecule has 0 aliphatic heterocycles. The van der Waals surface area contributed by atoms with Crippen molar-refractivity contribution in [1.29, 1.82) is 0 Å². The van der Waals surface area contributed by atoms with Gasteiger partial charge in [0.05, 0.1) is 0 Å². The number of carbonyl (C=O) groups is 1. The summed E-state index contributed by atoms with van der Waals surface area (Å²) in [5.41, 5.74) is 7.13. The minimum absolute atomic E-state index is 0.375. The maximum absolute atomic E-state index is 10.1. The van der Waals surface area contributed by atoms with Gasteiger partial charge in [-0.3, -0.25) is 0 Å². The first-order valence-corrected chi connectivity index (χ1v) is 4.24. The summed E-state index contributed by atoms with van der Waals surface area (Å²) < 4.78 is 0. The summed E-state index contributed by atoms with van der Waals surface area (Å²) in [4.78, 5) is 10.1. The molecule has 5 N–H and O–H groups in total. The molecule has 1 aromatic carbocycles. The minimum Gasteiger partial charge on any atom is -0.465 e. The lowest BCUT2D eigenvalue weighted by Crippen LogP contribution is -2.26. The van der Waals surface area contributed by atoms with Crippen LogP contribution in [0.15, 0.2) is 24.3 Å². The summed E-state index contributed by atoms with van der Waals surface area (Å²) in [5.74, 6) is 0. The quantitative estimate of drug-likeness (QED) is 0.425. The zero-order valence-corrected chi connectivity index (χ0v) is 7.66. The summed E-state index contributed by atoms with van der Waals surface area (Å²) in [6.07, 6.45) is -1.01. The second kappa shape index (κ2) is 4.96. The minimum atomic E-state index is -1.01. The highest BCUT2D eigenvalue weighted by atomic mass is 16.4. The van der Waals surface area contributed by atoms with Gasteiger partial charge in [0.15, 0.2) is 0 Å². The summed E-state index contributed by atoms with van der Waals surface area (Å²) >= 11 is 0. The highest BCUT2D eigenvalue weighted by Crippen LogP contribution is 2.09. The van der Waals surface area contributed by atoms with Gasteiger partial charge in [-0.15, -0.1) is 0 Å². The number of carboxylic acid groups (broad SMARTS) is 1. The van der Waals surface area contributed by atoms with Crippen LogP contribution < -0.4 is 16.4 Å². The van der Waals surface area contributed by atoms with Crippen molar-refractivity contribution in [1.82, 2.24) is 5.32 Å². The molecule has 1 rings (SSSR count). The number of nitrogen functional groups attached to an aromatic ring is 1. The van der Waals surface area contributed by atoms with Crippen molar-refractivity contribution in [3.63, 3.8) is 0 Å². The molecule has 0 aliphatic carbocycles. The van der Waals surface area contributed by atoms with Gasteiger partial charge >= 0.3 is 6.09 Å². The Bertz CT molecular complexity index is 297. The number of hydrogen-bond acceptors (Lipinski definition) is 3. The van der Waals surface area contributed by atoms with Crippen LogP contribution in [0.5, 0.6) is 0 Å². The Hall–Kier alpha value is -1.91. The number of benzene rings is 1. The Kier molecular flexibility index (Phi) is 3.60. The molecule has 1 amide bonds. The van der Waals surface area contributed by atoms with Gasteiger partial charge in [0.2, 0.25) is 0 Å². The van der Waals surface area contributed by atoms with Crippen LogP contribution in [0.2, 0.25) is 0 Å². The molecule has 0 unspecified atom stereocenters. The number of nitrogens with one attached hydrogen (secondary N) is 2. The third-order valence-electron chi connectivity index (χ3n) is 1.64. The van der Waals surface area contributed by atoms with Gasteiger partial charge in [-0.25, -0.2) is 4.79 Å². The van der Waals surface area contributed by atoms with Crippen LogP contribution in [0.4, 0.5) is 16.2 Å². The fraction of sp³-hybridized carbons (Fsp3) is 0.222. The van der Waals surface area contributed by atoms with Crippen molar-refractivity contribution >= 4 is 17.5 Å². The van der Waals surface area contributed by atoms with Crippen molar-refractivity contribution in [2.24, 2.45) is 0 Å². The third kappa shape index (κ3) is 3.66. The van der Waals surface area contributed by atoms with Crippen molar-refractivity contribution in [2.75, 3.05) is 24.1 Å². The normalized spacial score (nSPS) is 9.43. The Morgan fingerprint density at radius 1 is 1.29 bits per heavy atom. The van der Waals surface area contributed by atoms with Crippen LogP contribution in [0.1, 0.15) is 0 Å². The van der Waals surface area contributed by atoms with E-state index in [1.54, 1.807) is 12.1 Å². The smallest absolute Gasteiger partial charge is 0.404 e.